The van der Waals surface area contributed by atoms with Crippen molar-refractivity contribution >= 4 is 11.9 Å². The lowest BCUT2D eigenvalue weighted by atomic mass is 10.0. The fraction of sp³-hybridized carbons (Fsp3) is 0.188. The van der Waals surface area contributed by atoms with Crippen molar-refractivity contribution in [3.8, 4) is 22.3 Å². The zero-order valence-electron chi connectivity index (χ0n) is 21.0. The fourth-order valence-electron chi connectivity index (χ4n) is 4.11. The maximum Gasteiger partial charge on any atom is 0.310 e. The second-order valence-corrected chi connectivity index (χ2v) is 9.28. The van der Waals surface area contributed by atoms with Gasteiger partial charge in [-0.05, 0) is 33.4 Å². The fourth-order valence-corrected chi connectivity index (χ4v) is 4.11. The molecule has 38 heavy (non-hydrogen) atoms. The second-order valence-electron chi connectivity index (χ2n) is 9.28. The van der Waals surface area contributed by atoms with E-state index in [1.807, 2.05) is 109 Å². The first-order valence-corrected chi connectivity index (χ1v) is 12.5. The molecule has 0 heterocycles. The topological polar surface area (TPSA) is 95.9 Å². The number of ether oxygens (including phenoxy) is 1. The number of carbonyl (C=O) groups is 2. The van der Waals surface area contributed by atoms with Gasteiger partial charge in [-0.3, -0.25) is 9.59 Å². The number of rotatable bonds is 11. The minimum absolute atomic E-state index is 0.0315. The molecule has 0 bridgehead atoms. The van der Waals surface area contributed by atoms with Crippen LogP contribution < -0.4 is 5.32 Å². The molecule has 0 saturated heterocycles. The number of aliphatic hydroxyl groups is 2. The maximum atomic E-state index is 12.7. The molecule has 4 aromatic rings. The van der Waals surface area contributed by atoms with Crippen LogP contribution in [0, 0.1) is 0 Å². The molecule has 0 fully saturated rings. The highest BCUT2D eigenvalue weighted by molar-refractivity contribution is 5.80. The number of aliphatic hydroxyl groups excluding tert-OH is 2. The zero-order chi connectivity index (χ0) is 26.8. The van der Waals surface area contributed by atoms with Crippen molar-refractivity contribution in [1.82, 2.24) is 5.32 Å². The number of carbonyl (C=O) groups excluding carboxylic acids is 2. The monoisotopic (exact) mass is 509 g/mol. The van der Waals surface area contributed by atoms with Crippen LogP contribution in [0.3, 0.4) is 0 Å². The molecular weight excluding hydrogens is 478 g/mol. The summed E-state index contributed by atoms with van der Waals surface area (Å²) in [5.74, 6) is -0.914. The van der Waals surface area contributed by atoms with E-state index in [-0.39, 0.29) is 19.4 Å². The van der Waals surface area contributed by atoms with Gasteiger partial charge in [-0.25, -0.2) is 0 Å². The lowest BCUT2D eigenvalue weighted by Gasteiger charge is -2.30. The van der Waals surface area contributed by atoms with Gasteiger partial charge >= 0.3 is 5.97 Å². The average Bonchev–Trinajstić information content (AvgIpc) is 2.97. The summed E-state index contributed by atoms with van der Waals surface area (Å²) in [6.45, 7) is -1.51. The van der Waals surface area contributed by atoms with Crippen molar-refractivity contribution in [2.75, 3.05) is 19.8 Å². The van der Waals surface area contributed by atoms with Gasteiger partial charge in [0.1, 0.15) is 12.1 Å². The number of esters is 1. The lowest BCUT2D eigenvalue weighted by Crippen LogP contribution is -2.58. The molecule has 0 atom stereocenters. The molecule has 0 aliphatic rings. The van der Waals surface area contributed by atoms with Crippen LogP contribution in [0.5, 0.6) is 0 Å². The molecule has 0 unspecified atom stereocenters. The van der Waals surface area contributed by atoms with Crippen molar-refractivity contribution in [3.05, 3.63) is 120 Å². The molecule has 0 radical (unpaired) electrons. The van der Waals surface area contributed by atoms with Crippen LogP contribution in [0.25, 0.3) is 22.3 Å². The first kappa shape index (κ1) is 26.8. The molecule has 0 aliphatic carbocycles. The molecule has 4 aromatic carbocycles. The first-order chi connectivity index (χ1) is 18.5. The standard InChI is InChI=1S/C32H31NO5/c34-21-32(22-35,33-30(36)19-24-11-15-28(16-12-24)26-7-3-1-4-8-26)23-38-31(37)20-25-13-17-29(18-14-25)27-9-5-2-6-10-27/h1-18,34-35H,19-23H2,(H,33,36). The number of nitrogens with one attached hydrogen (secondary N) is 1. The number of amides is 1. The maximum absolute atomic E-state index is 12.7. The molecule has 0 saturated carbocycles. The van der Waals surface area contributed by atoms with E-state index < -0.39 is 30.6 Å². The molecule has 6 heteroatoms. The summed E-state index contributed by atoms with van der Waals surface area (Å²) in [5.41, 5.74) is 4.32. The molecule has 1 amide bonds. The van der Waals surface area contributed by atoms with Gasteiger partial charge < -0.3 is 20.3 Å². The highest BCUT2D eigenvalue weighted by Gasteiger charge is 2.32. The molecule has 194 valence electrons. The Bertz CT molecular complexity index is 1320. The predicted octanol–water partition coefficient (Wildman–Crippen LogP) is 4.19. The lowest BCUT2D eigenvalue weighted by molar-refractivity contribution is -0.148. The quantitative estimate of drug-likeness (QED) is 0.264. The summed E-state index contributed by atoms with van der Waals surface area (Å²) in [5, 5.41) is 22.5. The summed E-state index contributed by atoms with van der Waals surface area (Å²) >= 11 is 0. The van der Waals surface area contributed by atoms with Crippen LogP contribution >= 0.6 is 0 Å². The Hall–Kier alpha value is -4.26. The van der Waals surface area contributed by atoms with Crippen molar-refractivity contribution in [2.24, 2.45) is 0 Å². The van der Waals surface area contributed by atoms with E-state index in [1.165, 1.54) is 0 Å². The van der Waals surface area contributed by atoms with E-state index >= 15 is 0 Å². The Labute approximate surface area is 222 Å². The normalized spacial score (nSPS) is 11.1. The van der Waals surface area contributed by atoms with Gasteiger partial charge in [0.2, 0.25) is 5.91 Å². The van der Waals surface area contributed by atoms with Gasteiger partial charge in [0.25, 0.3) is 0 Å². The van der Waals surface area contributed by atoms with Gasteiger partial charge in [-0.2, -0.15) is 0 Å². The van der Waals surface area contributed by atoms with Crippen molar-refractivity contribution in [3.63, 3.8) is 0 Å². The smallest absolute Gasteiger partial charge is 0.310 e. The molecular formula is C32H31NO5. The zero-order valence-corrected chi connectivity index (χ0v) is 21.0. The predicted molar refractivity (Wildman–Crippen MR) is 147 cm³/mol. The summed E-state index contributed by atoms with van der Waals surface area (Å²) < 4.78 is 5.35. The van der Waals surface area contributed by atoms with E-state index in [4.69, 9.17) is 4.74 Å². The highest BCUT2D eigenvalue weighted by Crippen LogP contribution is 2.21. The molecule has 3 N–H and O–H groups in total. The summed E-state index contributed by atoms with van der Waals surface area (Å²) in [6, 6.07) is 35.1. The van der Waals surface area contributed by atoms with Crippen molar-refractivity contribution in [1.29, 1.82) is 0 Å². The largest absolute Gasteiger partial charge is 0.463 e. The average molecular weight is 510 g/mol. The van der Waals surface area contributed by atoms with Gasteiger partial charge in [-0.15, -0.1) is 0 Å². The van der Waals surface area contributed by atoms with Gasteiger partial charge in [0, 0.05) is 0 Å². The van der Waals surface area contributed by atoms with E-state index in [0.717, 1.165) is 33.4 Å². The Morgan fingerprint density at radius 1 is 0.605 bits per heavy atom. The number of hydrogen-bond acceptors (Lipinski definition) is 5. The van der Waals surface area contributed by atoms with E-state index in [0.29, 0.717) is 0 Å². The number of hydrogen-bond donors (Lipinski definition) is 3. The highest BCUT2D eigenvalue weighted by atomic mass is 16.5. The van der Waals surface area contributed by atoms with Crippen LogP contribution in [0.1, 0.15) is 11.1 Å². The van der Waals surface area contributed by atoms with Crippen molar-refractivity contribution < 1.29 is 24.5 Å². The Balaban J connectivity index is 1.30. The van der Waals surface area contributed by atoms with Gasteiger partial charge in [0.15, 0.2) is 0 Å². The molecule has 0 aromatic heterocycles. The third-order valence-electron chi connectivity index (χ3n) is 6.35. The van der Waals surface area contributed by atoms with Crippen LogP contribution in [0.2, 0.25) is 0 Å². The molecule has 4 rings (SSSR count). The van der Waals surface area contributed by atoms with Crippen LogP contribution in [0.4, 0.5) is 0 Å². The van der Waals surface area contributed by atoms with Crippen molar-refractivity contribution in [2.45, 2.75) is 18.4 Å². The van der Waals surface area contributed by atoms with Gasteiger partial charge in [-0.1, -0.05) is 109 Å². The molecule has 0 spiro atoms. The van der Waals surface area contributed by atoms with E-state index in [9.17, 15) is 19.8 Å². The molecule has 0 aliphatic heterocycles. The number of benzene rings is 4. The third-order valence-corrected chi connectivity index (χ3v) is 6.35. The van der Waals surface area contributed by atoms with E-state index in [2.05, 4.69) is 5.32 Å². The Kier molecular flexibility index (Phi) is 9.03. The van der Waals surface area contributed by atoms with Gasteiger partial charge in [0.05, 0.1) is 26.1 Å². The Morgan fingerprint density at radius 3 is 1.47 bits per heavy atom. The van der Waals surface area contributed by atoms with Crippen LogP contribution in [-0.2, 0) is 27.2 Å². The summed E-state index contributed by atoms with van der Waals surface area (Å²) in [4.78, 5) is 25.2. The summed E-state index contributed by atoms with van der Waals surface area (Å²) in [7, 11) is 0. The third kappa shape index (κ3) is 7.16. The second kappa shape index (κ2) is 12.8. The SMILES string of the molecule is O=C(Cc1ccc(-c2ccccc2)cc1)NC(CO)(CO)COC(=O)Cc1ccc(-c2ccccc2)cc1. The first-order valence-electron chi connectivity index (χ1n) is 12.5. The minimum Gasteiger partial charge on any atom is -0.463 e. The minimum atomic E-state index is -1.48. The van der Waals surface area contributed by atoms with Crippen LogP contribution in [-0.4, -0.2) is 47.4 Å². The van der Waals surface area contributed by atoms with E-state index in [1.54, 1.807) is 0 Å². The summed E-state index contributed by atoms with van der Waals surface area (Å²) in [6.07, 6.45) is 0.0856. The molecule has 6 nitrogen and oxygen atoms in total. The Morgan fingerprint density at radius 2 is 1.03 bits per heavy atom. The van der Waals surface area contributed by atoms with Crippen LogP contribution in [0.15, 0.2) is 109 Å².